The molecule has 2 rings (SSSR count). The second kappa shape index (κ2) is 4.95. The van der Waals surface area contributed by atoms with Crippen LogP contribution in [0.1, 0.15) is 18.4 Å². The summed E-state index contributed by atoms with van der Waals surface area (Å²) >= 11 is 0. The van der Waals surface area contributed by atoms with E-state index in [0.717, 1.165) is 25.9 Å². The summed E-state index contributed by atoms with van der Waals surface area (Å²) in [5, 5.41) is 18.3. The molecule has 1 fully saturated rings. The molecule has 1 aliphatic heterocycles. The normalized spacial score (nSPS) is 16.7. The van der Waals surface area contributed by atoms with Crippen LogP contribution in [0, 0.1) is 5.82 Å². The molecule has 16 heavy (non-hydrogen) atoms. The Kier molecular flexibility index (Phi) is 3.58. The second-order valence-corrected chi connectivity index (χ2v) is 4.16. The minimum absolute atomic E-state index is 0.270. The minimum atomic E-state index is -1.60. The molecule has 0 bridgehead atoms. The second-order valence-electron chi connectivity index (χ2n) is 4.16. The van der Waals surface area contributed by atoms with Gasteiger partial charge in [-0.15, -0.1) is 0 Å². The molecular formula is C11H15BFNO2. The van der Waals surface area contributed by atoms with E-state index in [2.05, 4.69) is 4.90 Å². The molecule has 2 N–H and O–H groups in total. The first kappa shape index (κ1) is 11.6. The van der Waals surface area contributed by atoms with E-state index in [1.807, 2.05) is 0 Å². The highest BCUT2D eigenvalue weighted by Crippen LogP contribution is 2.14. The Hall–Kier alpha value is -0.905. The Morgan fingerprint density at radius 2 is 1.94 bits per heavy atom. The molecule has 0 aliphatic carbocycles. The van der Waals surface area contributed by atoms with Crippen molar-refractivity contribution in [2.24, 2.45) is 0 Å². The lowest BCUT2D eigenvalue weighted by Gasteiger charge is -2.17. The van der Waals surface area contributed by atoms with Gasteiger partial charge in [0.2, 0.25) is 0 Å². The molecule has 0 saturated carbocycles. The van der Waals surface area contributed by atoms with Gasteiger partial charge in [0.25, 0.3) is 0 Å². The fourth-order valence-electron chi connectivity index (χ4n) is 2.15. The molecule has 1 aromatic rings. The fourth-order valence-corrected chi connectivity index (χ4v) is 2.15. The van der Waals surface area contributed by atoms with Gasteiger partial charge >= 0.3 is 7.12 Å². The van der Waals surface area contributed by atoms with Crippen LogP contribution in [0.2, 0.25) is 0 Å². The van der Waals surface area contributed by atoms with Crippen molar-refractivity contribution in [1.82, 2.24) is 4.90 Å². The zero-order chi connectivity index (χ0) is 11.5. The summed E-state index contributed by atoms with van der Waals surface area (Å²) < 4.78 is 13.6. The van der Waals surface area contributed by atoms with Crippen molar-refractivity contribution in [3.8, 4) is 0 Å². The molecule has 3 nitrogen and oxygen atoms in total. The molecule has 1 heterocycles. The fraction of sp³-hybridized carbons (Fsp3) is 0.455. The summed E-state index contributed by atoms with van der Waals surface area (Å²) in [6.45, 7) is 2.37. The lowest BCUT2D eigenvalue weighted by Crippen LogP contribution is -2.36. The Labute approximate surface area is 94.7 Å². The number of halogens is 1. The van der Waals surface area contributed by atoms with Gasteiger partial charge in [0.05, 0.1) is 0 Å². The first-order chi connectivity index (χ1) is 7.68. The van der Waals surface area contributed by atoms with E-state index < -0.39 is 7.12 Å². The van der Waals surface area contributed by atoms with Gasteiger partial charge in [0.1, 0.15) is 5.82 Å². The largest absolute Gasteiger partial charge is 0.488 e. The monoisotopic (exact) mass is 223 g/mol. The third kappa shape index (κ3) is 2.43. The van der Waals surface area contributed by atoms with Gasteiger partial charge in [-0.1, -0.05) is 12.1 Å². The number of hydrogen-bond donors (Lipinski definition) is 2. The van der Waals surface area contributed by atoms with Crippen molar-refractivity contribution >= 4 is 12.6 Å². The molecule has 86 valence electrons. The smallest absolute Gasteiger partial charge is 0.423 e. The third-order valence-electron chi connectivity index (χ3n) is 3.01. The van der Waals surface area contributed by atoms with Crippen LogP contribution in [0.25, 0.3) is 0 Å². The van der Waals surface area contributed by atoms with Crippen LogP contribution < -0.4 is 5.46 Å². The molecular weight excluding hydrogens is 208 g/mol. The van der Waals surface area contributed by atoms with Crippen molar-refractivity contribution in [2.45, 2.75) is 19.4 Å². The van der Waals surface area contributed by atoms with E-state index in [4.69, 9.17) is 0 Å². The summed E-state index contributed by atoms with van der Waals surface area (Å²) in [5.74, 6) is -0.363. The van der Waals surface area contributed by atoms with Crippen LogP contribution in [0.4, 0.5) is 4.39 Å². The molecule has 1 aromatic carbocycles. The zero-order valence-corrected chi connectivity index (χ0v) is 9.06. The van der Waals surface area contributed by atoms with Crippen LogP contribution in [0.3, 0.4) is 0 Å². The number of nitrogens with zero attached hydrogens (tertiary/aromatic N) is 1. The Balaban J connectivity index is 2.23. The maximum absolute atomic E-state index is 13.6. The van der Waals surface area contributed by atoms with Gasteiger partial charge in [0, 0.05) is 12.1 Å². The topological polar surface area (TPSA) is 43.7 Å². The van der Waals surface area contributed by atoms with Gasteiger partial charge in [0.15, 0.2) is 0 Å². The molecule has 0 radical (unpaired) electrons. The summed E-state index contributed by atoms with van der Waals surface area (Å²) in [4.78, 5) is 2.13. The van der Waals surface area contributed by atoms with E-state index in [-0.39, 0.29) is 11.3 Å². The van der Waals surface area contributed by atoms with Gasteiger partial charge in [-0.2, -0.15) is 0 Å². The molecule has 0 amide bonds. The summed E-state index contributed by atoms with van der Waals surface area (Å²) in [6.07, 6.45) is 2.26. The molecule has 0 spiro atoms. The van der Waals surface area contributed by atoms with Crippen molar-refractivity contribution in [3.05, 3.63) is 29.6 Å². The average molecular weight is 223 g/mol. The Morgan fingerprint density at radius 3 is 2.56 bits per heavy atom. The van der Waals surface area contributed by atoms with Crippen LogP contribution in [-0.2, 0) is 6.54 Å². The highest BCUT2D eigenvalue weighted by molar-refractivity contribution is 6.59. The van der Waals surface area contributed by atoms with Crippen molar-refractivity contribution < 1.29 is 14.4 Å². The Bertz CT molecular complexity index is 367. The van der Waals surface area contributed by atoms with Crippen molar-refractivity contribution in [2.75, 3.05) is 13.1 Å². The number of hydrogen-bond acceptors (Lipinski definition) is 3. The van der Waals surface area contributed by atoms with Crippen molar-refractivity contribution in [3.63, 3.8) is 0 Å². The first-order valence-corrected chi connectivity index (χ1v) is 5.54. The first-order valence-electron chi connectivity index (χ1n) is 5.54. The van der Waals surface area contributed by atoms with Crippen LogP contribution >= 0.6 is 0 Å². The van der Waals surface area contributed by atoms with Crippen LogP contribution in [0.15, 0.2) is 18.2 Å². The maximum atomic E-state index is 13.6. The standard InChI is InChI=1S/C11H15BFNO2/c13-11-5-3-4-10(12(15)16)9(11)8-14-6-1-2-7-14/h3-5,15-16H,1-2,6-8H2. The molecule has 1 aliphatic rings. The highest BCUT2D eigenvalue weighted by atomic mass is 19.1. The maximum Gasteiger partial charge on any atom is 0.488 e. The quantitative estimate of drug-likeness (QED) is 0.714. The number of rotatable bonds is 3. The van der Waals surface area contributed by atoms with E-state index in [1.165, 1.54) is 12.1 Å². The third-order valence-corrected chi connectivity index (χ3v) is 3.01. The summed E-state index contributed by atoms with van der Waals surface area (Å²) in [5.41, 5.74) is 0.673. The van der Waals surface area contributed by atoms with E-state index in [0.29, 0.717) is 12.1 Å². The molecule has 0 aromatic heterocycles. The molecule has 0 atom stereocenters. The van der Waals surface area contributed by atoms with Gasteiger partial charge in [-0.25, -0.2) is 4.39 Å². The Morgan fingerprint density at radius 1 is 1.25 bits per heavy atom. The lowest BCUT2D eigenvalue weighted by molar-refractivity contribution is 0.325. The van der Waals surface area contributed by atoms with E-state index >= 15 is 0 Å². The van der Waals surface area contributed by atoms with E-state index in [9.17, 15) is 14.4 Å². The van der Waals surface area contributed by atoms with Crippen LogP contribution in [-0.4, -0.2) is 35.2 Å². The SMILES string of the molecule is OB(O)c1cccc(F)c1CN1CCCC1. The number of benzene rings is 1. The molecule has 0 unspecified atom stereocenters. The predicted octanol–water partition coefficient (Wildman–Crippen LogP) is 0.101. The predicted molar refractivity (Wildman–Crippen MR) is 60.7 cm³/mol. The molecule has 1 saturated heterocycles. The van der Waals surface area contributed by atoms with E-state index in [1.54, 1.807) is 6.07 Å². The van der Waals surface area contributed by atoms with Gasteiger partial charge in [-0.3, -0.25) is 4.90 Å². The highest BCUT2D eigenvalue weighted by Gasteiger charge is 2.21. The van der Waals surface area contributed by atoms with Crippen molar-refractivity contribution in [1.29, 1.82) is 0 Å². The summed E-state index contributed by atoms with van der Waals surface area (Å²) in [7, 11) is -1.60. The van der Waals surface area contributed by atoms with Gasteiger partial charge in [-0.05, 0) is 37.5 Å². The van der Waals surface area contributed by atoms with Gasteiger partial charge < -0.3 is 10.0 Å². The average Bonchev–Trinajstić information content (AvgIpc) is 2.73. The van der Waals surface area contributed by atoms with Crippen LogP contribution in [0.5, 0.6) is 0 Å². The zero-order valence-electron chi connectivity index (χ0n) is 9.06. The lowest BCUT2D eigenvalue weighted by atomic mass is 9.76. The molecule has 5 heteroatoms. The number of likely N-dealkylation sites (tertiary alicyclic amines) is 1. The summed E-state index contributed by atoms with van der Waals surface area (Å²) in [6, 6.07) is 4.41. The minimum Gasteiger partial charge on any atom is -0.423 e.